The number of benzene rings is 1. The number of carbonyl (C=O) groups is 2. The molecule has 2 aliphatic heterocycles. The standard InChI is InChI=1S/C21H28N4O2/c1-14(2)12-24-13-15(11-19(24)26)21(27)25-10-6-5-9-18(25)20-22-16-7-3-4-8-17(16)23-20/h3-4,7-8,14-15,18H,5-6,9-13H2,1-2H3,(H,22,23)/t15-,18-/m1/s1. The number of hydrogen-bond acceptors (Lipinski definition) is 3. The van der Waals surface area contributed by atoms with Gasteiger partial charge in [-0.25, -0.2) is 4.98 Å². The first kappa shape index (κ1) is 18.0. The number of amides is 2. The Morgan fingerprint density at radius 2 is 2.11 bits per heavy atom. The molecule has 4 rings (SSSR count). The van der Waals surface area contributed by atoms with Crippen molar-refractivity contribution < 1.29 is 9.59 Å². The van der Waals surface area contributed by atoms with Crippen LogP contribution in [0.1, 0.15) is 51.4 Å². The molecular weight excluding hydrogens is 340 g/mol. The molecule has 2 aliphatic rings. The highest BCUT2D eigenvalue weighted by atomic mass is 16.2. The molecule has 0 unspecified atom stereocenters. The molecule has 3 heterocycles. The van der Waals surface area contributed by atoms with Crippen molar-refractivity contribution in [3.05, 3.63) is 30.1 Å². The van der Waals surface area contributed by atoms with E-state index < -0.39 is 0 Å². The van der Waals surface area contributed by atoms with E-state index in [2.05, 4.69) is 18.8 Å². The fraction of sp³-hybridized carbons (Fsp3) is 0.571. The molecule has 6 nitrogen and oxygen atoms in total. The summed E-state index contributed by atoms with van der Waals surface area (Å²) >= 11 is 0. The highest BCUT2D eigenvalue weighted by molar-refractivity contribution is 5.89. The van der Waals surface area contributed by atoms with E-state index in [1.54, 1.807) is 0 Å². The van der Waals surface area contributed by atoms with Crippen LogP contribution in [0.4, 0.5) is 0 Å². The fourth-order valence-electron chi connectivity index (χ4n) is 4.40. The Hall–Kier alpha value is -2.37. The van der Waals surface area contributed by atoms with Crippen LogP contribution >= 0.6 is 0 Å². The molecule has 1 N–H and O–H groups in total. The fourth-order valence-corrected chi connectivity index (χ4v) is 4.40. The summed E-state index contributed by atoms with van der Waals surface area (Å²) in [6, 6.07) is 7.95. The second-order valence-electron chi connectivity index (χ2n) is 8.28. The van der Waals surface area contributed by atoms with Gasteiger partial charge >= 0.3 is 0 Å². The topological polar surface area (TPSA) is 69.3 Å². The van der Waals surface area contributed by atoms with Crippen LogP contribution in [0.3, 0.4) is 0 Å². The number of rotatable bonds is 4. The van der Waals surface area contributed by atoms with Crippen molar-refractivity contribution in [1.82, 2.24) is 19.8 Å². The first-order valence-electron chi connectivity index (χ1n) is 10.1. The summed E-state index contributed by atoms with van der Waals surface area (Å²) in [5.41, 5.74) is 1.94. The van der Waals surface area contributed by atoms with Gasteiger partial charge in [-0.1, -0.05) is 26.0 Å². The Bertz CT molecular complexity index is 811. The summed E-state index contributed by atoms with van der Waals surface area (Å²) in [6.45, 7) is 6.24. The number of likely N-dealkylation sites (tertiary alicyclic amines) is 2. The maximum absolute atomic E-state index is 13.3. The van der Waals surface area contributed by atoms with Crippen LogP contribution in [0, 0.1) is 11.8 Å². The average molecular weight is 368 g/mol. The minimum Gasteiger partial charge on any atom is -0.342 e. The molecule has 0 aliphatic carbocycles. The van der Waals surface area contributed by atoms with Gasteiger partial charge in [0, 0.05) is 26.1 Å². The summed E-state index contributed by atoms with van der Waals surface area (Å²) in [4.78, 5) is 37.6. The zero-order valence-electron chi connectivity index (χ0n) is 16.1. The maximum atomic E-state index is 13.3. The van der Waals surface area contributed by atoms with Gasteiger partial charge in [-0.3, -0.25) is 9.59 Å². The molecular formula is C21H28N4O2. The molecule has 1 aromatic carbocycles. The lowest BCUT2D eigenvalue weighted by molar-refractivity contribution is -0.139. The molecule has 0 saturated carbocycles. The van der Waals surface area contributed by atoms with Crippen molar-refractivity contribution in [1.29, 1.82) is 0 Å². The third-order valence-electron chi connectivity index (χ3n) is 5.66. The van der Waals surface area contributed by atoms with E-state index in [9.17, 15) is 9.59 Å². The minimum absolute atomic E-state index is 0.0205. The highest BCUT2D eigenvalue weighted by Crippen LogP contribution is 2.33. The minimum atomic E-state index is -0.221. The summed E-state index contributed by atoms with van der Waals surface area (Å²) in [7, 11) is 0. The van der Waals surface area contributed by atoms with Crippen LogP contribution in [0.25, 0.3) is 11.0 Å². The molecule has 27 heavy (non-hydrogen) atoms. The summed E-state index contributed by atoms with van der Waals surface area (Å²) in [5, 5.41) is 0. The van der Waals surface area contributed by atoms with Crippen LogP contribution in [-0.4, -0.2) is 51.2 Å². The summed E-state index contributed by atoms with van der Waals surface area (Å²) in [6.07, 6.45) is 3.37. The van der Waals surface area contributed by atoms with Crippen LogP contribution in [-0.2, 0) is 9.59 Å². The van der Waals surface area contributed by atoms with E-state index in [0.29, 0.717) is 18.9 Å². The third-order valence-corrected chi connectivity index (χ3v) is 5.66. The summed E-state index contributed by atoms with van der Waals surface area (Å²) < 4.78 is 0. The molecule has 2 aromatic rings. The van der Waals surface area contributed by atoms with Gasteiger partial charge in [0.05, 0.1) is 23.0 Å². The van der Waals surface area contributed by atoms with Gasteiger partial charge in [0.25, 0.3) is 0 Å². The van der Waals surface area contributed by atoms with E-state index in [1.807, 2.05) is 34.1 Å². The zero-order chi connectivity index (χ0) is 19.0. The second kappa shape index (κ2) is 7.33. The van der Waals surface area contributed by atoms with Crippen LogP contribution in [0.5, 0.6) is 0 Å². The number of piperidine rings is 1. The number of nitrogens with one attached hydrogen (secondary N) is 1. The smallest absolute Gasteiger partial charge is 0.228 e. The van der Waals surface area contributed by atoms with Crippen LogP contribution in [0.15, 0.2) is 24.3 Å². The van der Waals surface area contributed by atoms with Gasteiger partial charge in [-0.15, -0.1) is 0 Å². The molecule has 2 fully saturated rings. The number of carbonyl (C=O) groups excluding carboxylic acids is 2. The Morgan fingerprint density at radius 3 is 2.89 bits per heavy atom. The van der Waals surface area contributed by atoms with Crippen molar-refractivity contribution >= 4 is 22.8 Å². The average Bonchev–Trinajstić information content (AvgIpc) is 3.24. The number of nitrogens with zero attached hydrogens (tertiary/aromatic N) is 3. The largest absolute Gasteiger partial charge is 0.342 e. The first-order chi connectivity index (χ1) is 13.0. The van der Waals surface area contributed by atoms with Crippen molar-refractivity contribution in [3.63, 3.8) is 0 Å². The quantitative estimate of drug-likeness (QED) is 0.901. The van der Waals surface area contributed by atoms with Gasteiger partial charge in [-0.05, 0) is 37.3 Å². The normalized spacial score (nSPS) is 23.6. The van der Waals surface area contributed by atoms with Crippen molar-refractivity contribution in [3.8, 4) is 0 Å². The Balaban J connectivity index is 1.54. The number of aromatic amines is 1. The van der Waals surface area contributed by atoms with Crippen LogP contribution < -0.4 is 0 Å². The number of fused-ring (bicyclic) bond motifs is 1. The Kier molecular flexibility index (Phi) is 4.89. The molecule has 144 valence electrons. The van der Waals surface area contributed by atoms with Crippen LogP contribution in [0.2, 0.25) is 0 Å². The predicted molar refractivity (Wildman–Crippen MR) is 104 cm³/mol. The molecule has 1 aromatic heterocycles. The highest BCUT2D eigenvalue weighted by Gasteiger charge is 2.40. The first-order valence-corrected chi connectivity index (χ1v) is 10.1. The number of H-pyrrole nitrogens is 1. The van der Waals surface area contributed by atoms with E-state index in [1.165, 1.54) is 0 Å². The zero-order valence-corrected chi connectivity index (χ0v) is 16.1. The lowest BCUT2D eigenvalue weighted by Gasteiger charge is -2.36. The predicted octanol–water partition coefficient (Wildman–Crippen LogP) is 3.12. The Labute approximate surface area is 159 Å². The van der Waals surface area contributed by atoms with E-state index >= 15 is 0 Å². The van der Waals surface area contributed by atoms with E-state index in [4.69, 9.17) is 4.98 Å². The summed E-state index contributed by atoms with van der Waals surface area (Å²) in [5.74, 6) is 1.29. The van der Waals surface area contributed by atoms with Crippen molar-refractivity contribution in [2.24, 2.45) is 11.8 Å². The molecule has 2 saturated heterocycles. The van der Waals surface area contributed by atoms with Gasteiger partial charge < -0.3 is 14.8 Å². The van der Waals surface area contributed by atoms with Gasteiger partial charge in [0.2, 0.25) is 11.8 Å². The maximum Gasteiger partial charge on any atom is 0.228 e. The number of hydrogen-bond donors (Lipinski definition) is 1. The SMILES string of the molecule is CC(C)CN1C[C@H](C(=O)N2CCCC[C@@H]2c2nc3ccccc3[nH]2)CC1=O. The second-order valence-corrected chi connectivity index (χ2v) is 8.28. The third kappa shape index (κ3) is 3.57. The van der Waals surface area contributed by atoms with E-state index in [-0.39, 0.29) is 23.8 Å². The number of para-hydroxylation sites is 2. The molecule has 0 spiro atoms. The lowest BCUT2D eigenvalue weighted by atomic mass is 9.98. The van der Waals surface area contributed by atoms with Gasteiger partial charge in [0.15, 0.2) is 0 Å². The van der Waals surface area contributed by atoms with Crippen molar-refractivity contribution in [2.75, 3.05) is 19.6 Å². The number of imidazole rings is 1. The van der Waals surface area contributed by atoms with Gasteiger partial charge in [-0.2, -0.15) is 0 Å². The molecule has 6 heteroatoms. The molecule has 0 radical (unpaired) electrons. The Morgan fingerprint density at radius 1 is 1.30 bits per heavy atom. The number of aromatic nitrogens is 2. The molecule has 0 bridgehead atoms. The monoisotopic (exact) mass is 368 g/mol. The van der Waals surface area contributed by atoms with Crippen molar-refractivity contribution in [2.45, 2.75) is 45.6 Å². The van der Waals surface area contributed by atoms with Gasteiger partial charge in [0.1, 0.15) is 5.82 Å². The van der Waals surface area contributed by atoms with E-state index in [0.717, 1.165) is 49.2 Å². The lowest BCUT2D eigenvalue weighted by Crippen LogP contribution is -2.43. The molecule has 2 amide bonds. The molecule has 2 atom stereocenters.